The van der Waals surface area contributed by atoms with Crippen molar-refractivity contribution in [3.05, 3.63) is 58.1 Å². The quantitative estimate of drug-likeness (QED) is 0.319. The molecule has 0 radical (unpaired) electrons. The summed E-state index contributed by atoms with van der Waals surface area (Å²) in [7, 11) is 0. The zero-order valence-electron chi connectivity index (χ0n) is 19.6. The third-order valence-electron chi connectivity index (χ3n) is 5.66. The summed E-state index contributed by atoms with van der Waals surface area (Å²) in [5, 5.41) is 0.219. The van der Waals surface area contributed by atoms with E-state index in [9.17, 15) is 31.1 Å². The number of alkyl halides is 6. The van der Waals surface area contributed by atoms with Gasteiger partial charge in [-0.3, -0.25) is 9.69 Å². The van der Waals surface area contributed by atoms with E-state index in [1.54, 1.807) is 0 Å². The number of hydrogen-bond acceptors (Lipinski definition) is 4. The topological polar surface area (TPSA) is 36.4 Å². The minimum absolute atomic E-state index is 0.0147. The van der Waals surface area contributed by atoms with Gasteiger partial charge in [0.2, 0.25) is 0 Å². The van der Waals surface area contributed by atoms with Crippen molar-refractivity contribution in [3.63, 3.8) is 0 Å². The minimum atomic E-state index is -5.05. The molecule has 0 aliphatic carbocycles. The van der Waals surface area contributed by atoms with E-state index < -0.39 is 35.0 Å². The van der Waals surface area contributed by atoms with E-state index in [1.165, 1.54) is 16.2 Å². The Morgan fingerprint density at radius 1 is 0.886 bits per heavy atom. The lowest BCUT2D eigenvalue weighted by Gasteiger charge is -2.25. The minimum Gasteiger partial charge on any atom is -0.302 e. The van der Waals surface area contributed by atoms with Gasteiger partial charge in [0.25, 0.3) is 5.91 Å². The van der Waals surface area contributed by atoms with Crippen LogP contribution in [0.4, 0.5) is 31.5 Å². The van der Waals surface area contributed by atoms with Crippen molar-refractivity contribution in [2.24, 2.45) is 0 Å². The van der Waals surface area contributed by atoms with Crippen molar-refractivity contribution in [1.82, 2.24) is 9.88 Å². The van der Waals surface area contributed by atoms with Gasteiger partial charge in [-0.15, -0.1) is 0 Å². The number of nitrogens with zero attached hydrogens (tertiary/aromatic N) is 3. The third kappa shape index (κ3) is 6.13. The van der Waals surface area contributed by atoms with Gasteiger partial charge in [0.05, 0.1) is 21.3 Å². The fourth-order valence-electron chi connectivity index (χ4n) is 3.77. The van der Waals surface area contributed by atoms with Gasteiger partial charge in [-0.2, -0.15) is 26.3 Å². The maximum Gasteiger partial charge on any atom is 0.416 e. The van der Waals surface area contributed by atoms with E-state index in [0.717, 1.165) is 15.8 Å². The van der Waals surface area contributed by atoms with Crippen LogP contribution in [0.1, 0.15) is 46.5 Å². The smallest absolute Gasteiger partial charge is 0.302 e. The second kappa shape index (κ2) is 10.1. The van der Waals surface area contributed by atoms with Gasteiger partial charge in [-0.1, -0.05) is 31.3 Å². The van der Waals surface area contributed by atoms with Crippen LogP contribution >= 0.6 is 11.3 Å². The van der Waals surface area contributed by atoms with Crippen LogP contribution in [0, 0.1) is 13.8 Å². The molecule has 1 heterocycles. The largest absolute Gasteiger partial charge is 0.416 e. The zero-order chi connectivity index (χ0) is 26.1. The Morgan fingerprint density at radius 2 is 1.46 bits per heavy atom. The summed E-state index contributed by atoms with van der Waals surface area (Å²) in [4.78, 5) is 21.2. The number of hydrogen-bond donors (Lipinski definition) is 0. The van der Waals surface area contributed by atoms with E-state index in [-0.39, 0.29) is 17.7 Å². The van der Waals surface area contributed by atoms with Gasteiger partial charge >= 0.3 is 12.4 Å². The highest BCUT2D eigenvalue weighted by Gasteiger charge is 2.38. The number of anilines is 1. The SMILES string of the molecule is CCN(CC)CCN(C(=O)c1cc(C(F)(F)F)cc(C(F)(F)F)c1)c1nc2c(C)cc(C)cc2s1. The molecule has 1 amide bonds. The highest BCUT2D eigenvalue weighted by molar-refractivity contribution is 7.22. The lowest BCUT2D eigenvalue weighted by Crippen LogP contribution is -2.39. The Labute approximate surface area is 203 Å². The number of fused-ring (bicyclic) bond motifs is 1. The number of amides is 1. The molecule has 3 aromatic rings. The Bertz CT molecular complexity index is 1180. The van der Waals surface area contributed by atoms with Gasteiger partial charge in [-0.05, 0) is 62.3 Å². The Balaban J connectivity index is 2.13. The van der Waals surface area contributed by atoms with E-state index in [0.29, 0.717) is 37.3 Å². The molecular weight excluding hydrogens is 492 g/mol. The van der Waals surface area contributed by atoms with Crippen molar-refractivity contribution in [2.75, 3.05) is 31.1 Å². The fraction of sp³-hybridized carbons (Fsp3) is 0.417. The van der Waals surface area contributed by atoms with E-state index in [1.807, 2.05) is 44.7 Å². The average molecular weight is 518 g/mol. The molecule has 0 unspecified atom stereocenters. The van der Waals surface area contributed by atoms with Gasteiger partial charge in [0, 0.05) is 18.7 Å². The first-order valence-electron chi connectivity index (χ1n) is 11.0. The second-order valence-corrected chi connectivity index (χ2v) is 9.21. The molecule has 0 saturated heterocycles. The number of likely N-dealkylation sites (N-methyl/N-ethyl adjacent to an activating group) is 1. The van der Waals surface area contributed by atoms with E-state index >= 15 is 0 Å². The zero-order valence-corrected chi connectivity index (χ0v) is 20.5. The van der Waals surface area contributed by atoms with Gasteiger partial charge in [-0.25, -0.2) is 4.98 Å². The molecule has 190 valence electrons. The monoisotopic (exact) mass is 517 g/mol. The Kier molecular flexibility index (Phi) is 7.80. The van der Waals surface area contributed by atoms with Gasteiger partial charge in [0.1, 0.15) is 0 Å². The first-order chi connectivity index (χ1) is 16.2. The van der Waals surface area contributed by atoms with E-state index in [4.69, 9.17) is 0 Å². The first-order valence-corrected chi connectivity index (χ1v) is 11.8. The van der Waals surface area contributed by atoms with Crippen LogP contribution in [0.3, 0.4) is 0 Å². The van der Waals surface area contributed by atoms with Crippen LogP contribution in [-0.2, 0) is 12.4 Å². The predicted octanol–water partition coefficient (Wildman–Crippen LogP) is 6.94. The van der Waals surface area contributed by atoms with Crippen molar-refractivity contribution >= 4 is 32.6 Å². The summed E-state index contributed by atoms with van der Waals surface area (Å²) in [6.07, 6.45) is -10.1. The summed E-state index contributed by atoms with van der Waals surface area (Å²) in [6, 6.07) is 4.73. The molecular formula is C24H25F6N3OS. The number of benzene rings is 2. The van der Waals surface area contributed by atoms with E-state index in [2.05, 4.69) is 4.98 Å². The molecule has 0 atom stereocenters. The molecule has 0 N–H and O–H groups in total. The third-order valence-corrected chi connectivity index (χ3v) is 6.69. The highest BCUT2D eigenvalue weighted by Crippen LogP contribution is 2.37. The molecule has 4 nitrogen and oxygen atoms in total. The Hall–Kier alpha value is -2.66. The molecule has 0 saturated carbocycles. The molecule has 0 fully saturated rings. The predicted molar refractivity (Wildman–Crippen MR) is 125 cm³/mol. The number of carbonyl (C=O) groups excluding carboxylic acids is 1. The molecule has 2 aromatic carbocycles. The van der Waals surface area contributed by atoms with Crippen LogP contribution in [0.2, 0.25) is 0 Å². The fourth-order valence-corrected chi connectivity index (χ4v) is 4.94. The molecule has 0 aliphatic rings. The normalized spacial score (nSPS) is 12.5. The summed E-state index contributed by atoms with van der Waals surface area (Å²) in [5.74, 6) is -0.970. The summed E-state index contributed by atoms with van der Waals surface area (Å²) < 4.78 is 81.1. The maximum atomic E-state index is 13.5. The first kappa shape index (κ1) is 26.9. The standard InChI is InChI=1S/C24H25F6N3OS/c1-5-32(6-2)7-8-33(22-31-20-15(4)9-14(3)10-19(20)35-22)21(34)16-11-17(23(25,26)27)13-18(12-16)24(28,29)30/h9-13H,5-8H2,1-4H3. The maximum absolute atomic E-state index is 13.5. The van der Waals surface area contributed by atoms with Crippen LogP contribution in [0.25, 0.3) is 10.2 Å². The molecule has 0 bridgehead atoms. The number of aromatic nitrogens is 1. The number of rotatable bonds is 7. The molecule has 35 heavy (non-hydrogen) atoms. The lowest BCUT2D eigenvalue weighted by molar-refractivity contribution is -0.143. The number of halogens is 6. The van der Waals surface area contributed by atoms with Crippen LogP contribution in [0.15, 0.2) is 30.3 Å². The highest BCUT2D eigenvalue weighted by atomic mass is 32.1. The Morgan fingerprint density at radius 3 is 1.97 bits per heavy atom. The van der Waals surface area contributed by atoms with Gasteiger partial charge < -0.3 is 4.90 Å². The van der Waals surface area contributed by atoms with Crippen LogP contribution < -0.4 is 4.90 Å². The van der Waals surface area contributed by atoms with Gasteiger partial charge in [0.15, 0.2) is 5.13 Å². The lowest BCUT2D eigenvalue weighted by atomic mass is 10.0. The summed E-state index contributed by atoms with van der Waals surface area (Å²) in [6.45, 7) is 9.34. The van der Waals surface area contributed by atoms with Crippen molar-refractivity contribution < 1.29 is 31.1 Å². The number of aryl methyl sites for hydroxylation is 2. The van der Waals surface area contributed by atoms with Crippen molar-refractivity contribution in [1.29, 1.82) is 0 Å². The average Bonchev–Trinajstić information content (AvgIpc) is 3.19. The van der Waals surface area contributed by atoms with Crippen molar-refractivity contribution in [2.45, 2.75) is 40.0 Å². The number of thiazole rings is 1. The molecule has 0 spiro atoms. The number of carbonyl (C=O) groups is 1. The summed E-state index contributed by atoms with van der Waals surface area (Å²) >= 11 is 1.17. The van der Waals surface area contributed by atoms with Crippen LogP contribution in [0.5, 0.6) is 0 Å². The van der Waals surface area contributed by atoms with Crippen molar-refractivity contribution in [3.8, 4) is 0 Å². The van der Waals surface area contributed by atoms with Crippen LogP contribution in [-0.4, -0.2) is 42.0 Å². The summed E-state index contributed by atoms with van der Waals surface area (Å²) in [5.41, 5.74) is -1.30. The molecule has 1 aromatic heterocycles. The molecule has 11 heteroatoms. The molecule has 3 rings (SSSR count). The molecule has 0 aliphatic heterocycles. The second-order valence-electron chi connectivity index (χ2n) is 8.20.